The van der Waals surface area contributed by atoms with Gasteiger partial charge in [-0.15, -0.1) is 0 Å². The molecule has 0 bridgehead atoms. The lowest BCUT2D eigenvalue weighted by atomic mass is 10.1. The quantitative estimate of drug-likeness (QED) is 0.677. The lowest BCUT2D eigenvalue weighted by Gasteiger charge is -2.09. The molecule has 0 radical (unpaired) electrons. The van der Waals surface area contributed by atoms with E-state index in [1.54, 1.807) is 6.92 Å². The van der Waals surface area contributed by atoms with E-state index < -0.39 is 10.8 Å². The molecule has 0 saturated heterocycles. The maximum absolute atomic E-state index is 11.1. The molecule has 0 spiro atoms. The predicted octanol–water partition coefficient (Wildman–Crippen LogP) is 1.77. The molecular formula is C9H9BrN2O4. The summed E-state index contributed by atoms with van der Waals surface area (Å²) in [6.45, 7) is 1.60. The van der Waals surface area contributed by atoms with Gasteiger partial charge in [-0.05, 0) is 22.9 Å². The number of carbonyl (C=O) groups is 1. The summed E-state index contributed by atoms with van der Waals surface area (Å²) >= 11 is 3.15. The molecule has 0 heterocycles. The van der Waals surface area contributed by atoms with Crippen molar-refractivity contribution in [1.29, 1.82) is 0 Å². The fraction of sp³-hybridized carbons (Fsp3) is 0.222. The van der Waals surface area contributed by atoms with Crippen molar-refractivity contribution in [3.05, 3.63) is 31.8 Å². The van der Waals surface area contributed by atoms with E-state index in [-0.39, 0.29) is 17.0 Å². The second-order valence-corrected chi connectivity index (χ2v) is 3.83. The molecule has 0 unspecified atom stereocenters. The minimum absolute atomic E-state index is 0.0602. The van der Waals surface area contributed by atoms with Gasteiger partial charge in [0.05, 0.1) is 17.6 Å². The average Bonchev–Trinajstić information content (AvgIpc) is 2.20. The Labute approximate surface area is 99.7 Å². The molecule has 7 heteroatoms. The molecule has 1 amide bonds. The van der Waals surface area contributed by atoms with Crippen LogP contribution in [0.5, 0.6) is 5.75 Å². The minimum atomic E-state index is -0.735. The Hall–Kier alpha value is -1.63. The van der Waals surface area contributed by atoms with Gasteiger partial charge in [0, 0.05) is 16.1 Å². The molecule has 16 heavy (non-hydrogen) atoms. The zero-order valence-electron chi connectivity index (χ0n) is 8.61. The third-order valence-electron chi connectivity index (χ3n) is 2.09. The second-order valence-electron chi connectivity index (χ2n) is 3.04. The highest BCUT2D eigenvalue weighted by Crippen LogP contribution is 2.37. The number of rotatable bonds is 3. The van der Waals surface area contributed by atoms with Gasteiger partial charge in [0.1, 0.15) is 0 Å². The first-order valence-corrected chi connectivity index (χ1v) is 5.00. The Morgan fingerprint density at radius 2 is 2.19 bits per heavy atom. The van der Waals surface area contributed by atoms with Crippen LogP contribution in [0.2, 0.25) is 0 Å². The van der Waals surface area contributed by atoms with Crippen LogP contribution in [0.4, 0.5) is 5.69 Å². The van der Waals surface area contributed by atoms with Crippen LogP contribution in [0.1, 0.15) is 15.9 Å². The Bertz CT molecular complexity index is 473. The highest BCUT2D eigenvalue weighted by Gasteiger charge is 2.23. The van der Waals surface area contributed by atoms with E-state index in [9.17, 15) is 14.9 Å². The van der Waals surface area contributed by atoms with Gasteiger partial charge in [0.15, 0.2) is 0 Å². The first-order chi connectivity index (χ1) is 7.40. The van der Waals surface area contributed by atoms with Crippen LogP contribution >= 0.6 is 15.9 Å². The van der Waals surface area contributed by atoms with Crippen molar-refractivity contribution < 1.29 is 14.5 Å². The number of hydrogen-bond acceptors (Lipinski definition) is 4. The van der Waals surface area contributed by atoms with Crippen LogP contribution in [0.15, 0.2) is 10.5 Å². The van der Waals surface area contributed by atoms with Gasteiger partial charge in [-0.1, -0.05) is 0 Å². The molecule has 0 saturated carbocycles. The van der Waals surface area contributed by atoms with Gasteiger partial charge in [-0.3, -0.25) is 14.9 Å². The lowest BCUT2D eigenvalue weighted by molar-refractivity contribution is -0.385. The third-order valence-corrected chi connectivity index (χ3v) is 3.11. The Kier molecular flexibility index (Phi) is 3.48. The van der Waals surface area contributed by atoms with Gasteiger partial charge in [0.2, 0.25) is 11.7 Å². The Morgan fingerprint density at radius 1 is 1.62 bits per heavy atom. The molecule has 1 aromatic carbocycles. The van der Waals surface area contributed by atoms with E-state index in [0.29, 0.717) is 10.0 Å². The summed E-state index contributed by atoms with van der Waals surface area (Å²) in [5.41, 5.74) is 5.35. The number of carbonyl (C=O) groups excluding carboxylic acids is 1. The van der Waals surface area contributed by atoms with Gasteiger partial charge in [-0.2, -0.15) is 0 Å². The summed E-state index contributed by atoms with van der Waals surface area (Å²) in [5, 5.41) is 10.8. The summed E-state index contributed by atoms with van der Waals surface area (Å²) in [6, 6.07) is 1.10. The zero-order chi connectivity index (χ0) is 12.5. The van der Waals surface area contributed by atoms with Crippen molar-refractivity contribution in [3.8, 4) is 5.75 Å². The average molecular weight is 289 g/mol. The van der Waals surface area contributed by atoms with Crippen LogP contribution in [0.25, 0.3) is 0 Å². The van der Waals surface area contributed by atoms with Crippen LogP contribution in [0.3, 0.4) is 0 Å². The lowest BCUT2D eigenvalue weighted by Crippen LogP contribution is -2.13. The number of methoxy groups -OCH3 is 1. The molecule has 0 atom stereocenters. The van der Waals surface area contributed by atoms with Gasteiger partial charge in [0.25, 0.3) is 0 Å². The topological polar surface area (TPSA) is 95.5 Å². The standard InChI is InChI=1S/C9H9BrN2O4/c1-4-7(10)5(9(11)13)3-6(12(14)15)8(4)16-2/h3H,1-2H3,(H2,11,13). The van der Waals surface area contributed by atoms with Gasteiger partial charge < -0.3 is 10.5 Å². The van der Waals surface area contributed by atoms with Crippen LogP contribution in [-0.4, -0.2) is 17.9 Å². The van der Waals surface area contributed by atoms with Crippen molar-refractivity contribution in [1.82, 2.24) is 0 Å². The number of nitro groups is 1. The normalized spacial score (nSPS) is 9.94. The van der Waals surface area contributed by atoms with Gasteiger partial charge >= 0.3 is 5.69 Å². The van der Waals surface area contributed by atoms with E-state index >= 15 is 0 Å². The summed E-state index contributed by atoms with van der Waals surface area (Å²) < 4.78 is 5.33. The SMILES string of the molecule is COc1c([N+](=O)[O-])cc(C(N)=O)c(Br)c1C. The largest absolute Gasteiger partial charge is 0.490 e. The van der Waals surface area contributed by atoms with E-state index in [0.717, 1.165) is 6.07 Å². The van der Waals surface area contributed by atoms with Crippen molar-refractivity contribution >= 4 is 27.5 Å². The van der Waals surface area contributed by atoms with E-state index in [2.05, 4.69) is 15.9 Å². The number of amides is 1. The first kappa shape index (κ1) is 12.4. The number of benzene rings is 1. The molecule has 1 aromatic rings. The summed E-state index contributed by atoms with van der Waals surface area (Å²) in [4.78, 5) is 21.2. The summed E-state index contributed by atoms with van der Waals surface area (Å²) in [5.74, 6) is -0.623. The number of halogens is 1. The molecule has 86 valence electrons. The second kappa shape index (κ2) is 4.48. The highest BCUT2D eigenvalue weighted by atomic mass is 79.9. The number of nitrogens with two attached hydrogens (primary N) is 1. The summed E-state index contributed by atoms with van der Waals surface area (Å²) in [6.07, 6.45) is 0. The number of nitrogens with zero attached hydrogens (tertiary/aromatic N) is 1. The van der Waals surface area contributed by atoms with Gasteiger partial charge in [-0.25, -0.2) is 0 Å². The molecule has 6 nitrogen and oxygen atoms in total. The van der Waals surface area contributed by atoms with Crippen molar-refractivity contribution in [3.63, 3.8) is 0 Å². The Balaban J connectivity index is 3.62. The predicted molar refractivity (Wildman–Crippen MR) is 60.6 cm³/mol. The maximum atomic E-state index is 11.1. The van der Waals surface area contributed by atoms with Crippen molar-refractivity contribution in [2.45, 2.75) is 6.92 Å². The van der Waals surface area contributed by atoms with Crippen LogP contribution < -0.4 is 10.5 Å². The monoisotopic (exact) mass is 288 g/mol. The highest BCUT2D eigenvalue weighted by molar-refractivity contribution is 9.10. The third kappa shape index (κ3) is 1.99. The number of nitro benzene ring substituents is 1. The maximum Gasteiger partial charge on any atom is 0.312 e. The van der Waals surface area contributed by atoms with Crippen molar-refractivity contribution in [2.75, 3.05) is 7.11 Å². The van der Waals surface area contributed by atoms with E-state index in [4.69, 9.17) is 10.5 Å². The molecule has 0 aliphatic carbocycles. The fourth-order valence-electron chi connectivity index (χ4n) is 1.33. The first-order valence-electron chi connectivity index (χ1n) is 4.21. The van der Waals surface area contributed by atoms with Crippen molar-refractivity contribution in [2.24, 2.45) is 5.73 Å². The van der Waals surface area contributed by atoms with Crippen LogP contribution in [-0.2, 0) is 0 Å². The number of ether oxygens (including phenoxy) is 1. The number of hydrogen-bond donors (Lipinski definition) is 1. The van der Waals surface area contributed by atoms with Crippen LogP contribution in [0, 0.1) is 17.0 Å². The fourth-order valence-corrected chi connectivity index (χ4v) is 1.82. The zero-order valence-corrected chi connectivity index (χ0v) is 10.2. The molecule has 0 aromatic heterocycles. The smallest absolute Gasteiger partial charge is 0.312 e. The molecule has 0 fully saturated rings. The molecule has 0 aliphatic heterocycles. The molecule has 1 rings (SSSR count). The minimum Gasteiger partial charge on any atom is -0.490 e. The number of primary amides is 1. The van der Waals surface area contributed by atoms with E-state index in [1.165, 1.54) is 7.11 Å². The van der Waals surface area contributed by atoms with E-state index in [1.807, 2.05) is 0 Å². The molecule has 2 N–H and O–H groups in total. The Morgan fingerprint density at radius 3 is 2.56 bits per heavy atom. The molecular weight excluding hydrogens is 280 g/mol. The molecule has 0 aliphatic rings. The summed E-state index contributed by atoms with van der Waals surface area (Å²) in [7, 11) is 1.33.